The number of carbonyl (C=O) groups excluding carboxylic acids is 2. The van der Waals surface area contributed by atoms with Gasteiger partial charge in [-0.1, -0.05) is 36.4 Å². The standard InChI is InChI=1S/C29H26FN3O4/c1-36-18-11-12-25(37-2)21(13-18)28-27-20(19-8-4-6-10-23(19)31-27)14-24-29(35)32(16-26(34)33(24)28)15-17-7-3-5-9-22(17)30/h3-13,24,28,31H,14-16H2,1-2H3/t24-,28-/m0/s1. The summed E-state index contributed by atoms with van der Waals surface area (Å²) in [5, 5.41) is 1.01. The Kier molecular flexibility index (Phi) is 5.59. The number of fused-ring (bicyclic) bond motifs is 4. The lowest BCUT2D eigenvalue weighted by Gasteiger charge is -2.47. The molecule has 3 heterocycles. The van der Waals surface area contributed by atoms with E-state index in [2.05, 4.69) is 4.98 Å². The molecule has 37 heavy (non-hydrogen) atoms. The van der Waals surface area contributed by atoms with Crippen LogP contribution in [0.2, 0.25) is 0 Å². The third-order valence-electron chi connectivity index (χ3n) is 7.39. The average Bonchev–Trinajstić information content (AvgIpc) is 3.29. The van der Waals surface area contributed by atoms with Crippen LogP contribution in [0.3, 0.4) is 0 Å². The second kappa shape index (κ2) is 8.96. The van der Waals surface area contributed by atoms with Crippen molar-refractivity contribution in [3.63, 3.8) is 0 Å². The monoisotopic (exact) mass is 499 g/mol. The van der Waals surface area contributed by atoms with Gasteiger partial charge >= 0.3 is 0 Å². The summed E-state index contributed by atoms with van der Waals surface area (Å²) < 4.78 is 25.6. The minimum atomic E-state index is -0.736. The van der Waals surface area contributed by atoms with Crippen molar-refractivity contribution in [1.82, 2.24) is 14.8 Å². The van der Waals surface area contributed by atoms with Crippen LogP contribution in [0.5, 0.6) is 11.5 Å². The van der Waals surface area contributed by atoms with E-state index in [0.717, 1.165) is 27.7 Å². The smallest absolute Gasteiger partial charge is 0.246 e. The number of amides is 2. The Morgan fingerprint density at radius 1 is 1.00 bits per heavy atom. The van der Waals surface area contributed by atoms with Gasteiger partial charge in [-0.15, -0.1) is 0 Å². The fraction of sp³-hybridized carbons (Fsp3) is 0.241. The Bertz CT molecular complexity index is 1530. The van der Waals surface area contributed by atoms with E-state index in [1.807, 2.05) is 30.3 Å². The van der Waals surface area contributed by atoms with Crippen LogP contribution in [0.4, 0.5) is 4.39 Å². The highest BCUT2D eigenvalue weighted by molar-refractivity contribution is 5.97. The van der Waals surface area contributed by atoms with E-state index in [1.165, 1.54) is 11.0 Å². The Morgan fingerprint density at radius 2 is 1.78 bits per heavy atom. The molecule has 2 amide bonds. The van der Waals surface area contributed by atoms with Gasteiger partial charge in [0.15, 0.2) is 0 Å². The van der Waals surface area contributed by atoms with Crippen molar-refractivity contribution in [2.45, 2.75) is 25.0 Å². The van der Waals surface area contributed by atoms with E-state index in [4.69, 9.17) is 9.47 Å². The molecular weight excluding hydrogens is 473 g/mol. The van der Waals surface area contributed by atoms with E-state index in [0.29, 0.717) is 23.5 Å². The molecule has 2 aliphatic rings. The second-order valence-electron chi connectivity index (χ2n) is 9.38. The highest BCUT2D eigenvalue weighted by Crippen LogP contribution is 2.45. The second-order valence-corrected chi connectivity index (χ2v) is 9.38. The van der Waals surface area contributed by atoms with Gasteiger partial charge in [0.05, 0.1) is 14.2 Å². The molecule has 0 spiro atoms. The zero-order chi connectivity index (χ0) is 25.7. The number of nitrogens with one attached hydrogen (secondary N) is 1. The molecule has 1 aromatic heterocycles. The Labute approximate surface area is 213 Å². The molecule has 7 nitrogen and oxygen atoms in total. The van der Waals surface area contributed by atoms with Crippen LogP contribution in [-0.2, 0) is 22.6 Å². The van der Waals surface area contributed by atoms with Gasteiger partial charge in [0, 0.05) is 40.7 Å². The van der Waals surface area contributed by atoms with E-state index < -0.39 is 17.9 Å². The summed E-state index contributed by atoms with van der Waals surface area (Å²) in [6, 6.07) is 18.4. The van der Waals surface area contributed by atoms with E-state index in [1.54, 1.807) is 49.5 Å². The summed E-state index contributed by atoms with van der Waals surface area (Å²) in [5.41, 5.74) is 3.88. The van der Waals surface area contributed by atoms with Gasteiger partial charge in [-0.2, -0.15) is 0 Å². The summed E-state index contributed by atoms with van der Waals surface area (Å²) in [6.45, 7) is -0.0997. The van der Waals surface area contributed by atoms with E-state index >= 15 is 0 Å². The number of piperazine rings is 1. The maximum absolute atomic E-state index is 14.4. The lowest BCUT2D eigenvalue weighted by molar-refractivity contribution is -0.159. The minimum Gasteiger partial charge on any atom is -0.497 e. The molecule has 0 bridgehead atoms. The number of carbonyl (C=O) groups is 2. The maximum atomic E-state index is 14.4. The third kappa shape index (κ3) is 3.71. The Morgan fingerprint density at radius 3 is 2.57 bits per heavy atom. The van der Waals surface area contributed by atoms with Crippen LogP contribution in [-0.4, -0.2) is 53.4 Å². The number of aromatic nitrogens is 1. The highest BCUT2D eigenvalue weighted by atomic mass is 19.1. The van der Waals surface area contributed by atoms with Gasteiger partial charge in [-0.3, -0.25) is 9.59 Å². The Hall–Kier alpha value is -4.33. The van der Waals surface area contributed by atoms with Gasteiger partial charge in [-0.05, 0) is 35.9 Å². The molecule has 4 aromatic rings. The molecule has 0 radical (unpaired) electrons. The zero-order valence-corrected chi connectivity index (χ0v) is 20.5. The number of nitrogens with zero attached hydrogens (tertiary/aromatic N) is 2. The predicted molar refractivity (Wildman–Crippen MR) is 136 cm³/mol. The van der Waals surface area contributed by atoms with Crippen LogP contribution in [0, 0.1) is 5.82 Å². The number of hydrogen-bond donors (Lipinski definition) is 1. The fourth-order valence-electron chi connectivity index (χ4n) is 5.67. The molecule has 6 rings (SSSR count). The molecule has 1 fully saturated rings. The summed E-state index contributed by atoms with van der Waals surface area (Å²) in [4.78, 5) is 34.3. The number of ether oxygens (including phenoxy) is 2. The van der Waals surface area contributed by atoms with E-state index in [9.17, 15) is 14.0 Å². The number of hydrogen-bond acceptors (Lipinski definition) is 4. The number of aromatic amines is 1. The van der Waals surface area contributed by atoms with Crippen molar-refractivity contribution in [2.75, 3.05) is 20.8 Å². The van der Waals surface area contributed by atoms with Gasteiger partial charge in [0.25, 0.3) is 0 Å². The fourth-order valence-corrected chi connectivity index (χ4v) is 5.67. The molecule has 1 saturated heterocycles. The van der Waals surface area contributed by atoms with Crippen molar-refractivity contribution in [1.29, 1.82) is 0 Å². The van der Waals surface area contributed by atoms with Crippen LogP contribution in [0.1, 0.15) is 28.4 Å². The molecule has 188 valence electrons. The molecule has 2 atom stereocenters. The first kappa shape index (κ1) is 23.1. The largest absolute Gasteiger partial charge is 0.497 e. The van der Waals surface area contributed by atoms with Gasteiger partial charge in [0.2, 0.25) is 11.8 Å². The van der Waals surface area contributed by atoms with Crippen molar-refractivity contribution < 1.29 is 23.5 Å². The molecule has 1 N–H and O–H groups in total. The first-order valence-electron chi connectivity index (χ1n) is 12.1. The van der Waals surface area contributed by atoms with Crippen molar-refractivity contribution >= 4 is 22.7 Å². The zero-order valence-electron chi connectivity index (χ0n) is 20.5. The minimum absolute atomic E-state index is 0.0372. The summed E-state index contributed by atoms with van der Waals surface area (Å²) in [7, 11) is 3.16. The molecule has 2 aliphatic heterocycles. The quantitative estimate of drug-likeness (QED) is 0.447. The molecule has 0 aliphatic carbocycles. The first-order chi connectivity index (χ1) is 18.0. The summed E-state index contributed by atoms with van der Waals surface area (Å²) in [6.07, 6.45) is 0.362. The predicted octanol–water partition coefficient (Wildman–Crippen LogP) is 4.21. The number of H-pyrrole nitrogens is 1. The molecule has 0 unspecified atom stereocenters. The normalized spacial score (nSPS) is 19.1. The van der Waals surface area contributed by atoms with Gasteiger partial charge in [0.1, 0.15) is 35.9 Å². The Balaban J connectivity index is 1.50. The van der Waals surface area contributed by atoms with Crippen LogP contribution < -0.4 is 9.47 Å². The first-order valence-corrected chi connectivity index (χ1v) is 12.1. The van der Waals surface area contributed by atoms with Crippen LogP contribution in [0.25, 0.3) is 10.9 Å². The lowest BCUT2D eigenvalue weighted by Crippen LogP contribution is -2.62. The summed E-state index contributed by atoms with van der Waals surface area (Å²) >= 11 is 0. The SMILES string of the molecule is COc1ccc(OC)c([C@H]2c3[nH]c4ccccc4c3C[C@H]3C(=O)N(Cc4ccccc4F)CC(=O)N23)c1. The van der Waals surface area contributed by atoms with E-state index in [-0.39, 0.29) is 24.9 Å². The summed E-state index contributed by atoms with van der Waals surface area (Å²) in [5.74, 6) is 0.398. The molecule has 8 heteroatoms. The third-order valence-corrected chi connectivity index (χ3v) is 7.39. The number of halogens is 1. The number of methoxy groups -OCH3 is 2. The van der Waals surface area contributed by atoms with Crippen LogP contribution in [0.15, 0.2) is 66.7 Å². The molecule has 0 saturated carbocycles. The van der Waals surface area contributed by atoms with Crippen molar-refractivity contribution in [2.24, 2.45) is 0 Å². The average molecular weight is 500 g/mol. The van der Waals surface area contributed by atoms with Crippen molar-refractivity contribution in [3.8, 4) is 11.5 Å². The molecule has 3 aromatic carbocycles. The lowest BCUT2D eigenvalue weighted by atomic mass is 9.85. The van der Waals surface area contributed by atoms with Gasteiger partial charge in [-0.25, -0.2) is 4.39 Å². The highest BCUT2D eigenvalue weighted by Gasteiger charge is 2.49. The number of benzene rings is 3. The maximum Gasteiger partial charge on any atom is 0.246 e. The number of rotatable bonds is 5. The van der Waals surface area contributed by atoms with Gasteiger partial charge < -0.3 is 24.3 Å². The molecular formula is C29H26FN3O4. The number of para-hydroxylation sites is 1. The van der Waals surface area contributed by atoms with Crippen LogP contribution >= 0.6 is 0 Å². The van der Waals surface area contributed by atoms with Crippen molar-refractivity contribution in [3.05, 3.63) is 94.9 Å². The topological polar surface area (TPSA) is 74.9 Å².